The van der Waals surface area contributed by atoms with E-state index < -0.39 is 0 Å². The highest BCUT2D eigenvalue weighted by Gasteiger charge is 2.33. The summed E-state index contributed by atoms with van der Waals surface area (Å²) >= 11 is 0. The Morgan fingerprint density at radius 1 is 1.05 bits per heavy atom. The van der Waals surface area contributed by atoms with E-state index in [9.17, 15) is 4.79 Å². The number of benzene rings is 1. The molecule has 1 aromatic rings. The Kier molecular flexibility index (Phi) is 5.14. The lowest BCUT2D eigenvalue weighted by atomic mass is 9.78. The molecule has 1 amide bonds. The summed E-state index contributed by atoms with van der Waals surface area (Å²) in [7, 11) is 0. The molecule has 1 saturated heterocycles. The average Bonchev–Trinajstić information content (AvgIpc) is 2.62. The van der Waals surface area contributed by atoms with Crippen LogP contribution in [-0.4, -0.2) is 29.9 Å². The van der Waals surface area contributed by atoms with Gasteiger partial charge in [0, 0.05) is 25.0 Å². The van der Waals surface area contributed by atoms with Gasteiger partial charge in [0.15, 0.2) is 0 Å². The maximum Gasteiger partial charge on any atom is 0.225 e. The van der Waals surface area contributed by atoms with Crippen LogP contribution in [0.25, 0.3) is 0 Å². The van der Waals surface area contributed by atoms with E-state index in [1.54, 1.807) is 0 Å². The Morgan fingerprint density at radius 2 is 1.77 bits per heavy atom. The molecule has 22 heavy (non-hydrogen) atoms. The fraction of sp³-hybridized carbons (Fsp3) is 0.632. The fourth-order valence-electron chi connectivity index (χ4n) is 4.17. The summed E-state index contributed by atoms with van der Waals surface area (Å²) in [6.07, 6.45) is 7.79. The smallest absolute Gasteiger partial charge is 0.225 e. The molecule has 2 N–H and O–H groups in total. The first kappa shape index (κ1) is 15.5. The Balaban J connectivity index is 1.57. The summed E-state index contributed by atoms with van der Waals surface area (Å²) in [4.78, 5) is 14.9. The normalized spacial score (nSPS) is 29.3. The quantitative estimate of drug-likeness (QED) is 0.931. The molecule has 1 heterocycles. The van der Waals surface area contributed by atoms with Crippen LogP contribution in [0.1, 0.15) is 56.4 Å². The van der Waals surface area contributed by atoms with E-state index in [0.29, 0.717) is 18.4 Å². The van der Waals surface area contributed by atoms with Crippen LogP contribution in [0, 0.1) is 5.92 Å². The van der Waals surface area contributed by atoms with E-state index in [2.05, 4.69) is 35.2 Å². The summed E-state index contributed by atoms with van der Waals surface area (Å²) in [5.74, 6) is 1.24. The molecule has 1 aliphatic carbocycles. The van der Waals surface area contributed by atoms with Crippen molar-refractivity contribution in [1.29, 1.82) is 0 Å². The molecule has 2 aliphatic rings. The van der Waals surface area contributed by atoms with Crippen LogP contribution >= 0.6 is 0 Å². The fourth-order valence-corrected chi connectivity index (χ4v) is 4.17. The Bertz CT molecular complexity index is 479. The number of nitrogens with zero attached hydrogens (tertiary/aromatic N) is 1. The number of piperidine rings is 1. The summed E-state index contributed by atoms with van der Waals surface area (Å²) in [6.45, 7) is 1.53. The molecule has 1 saturated carbocycles. The monoisotopic (exact) mass is 300 g/mol. The highest BCUT2D eigenvalue weighted by Crippen LogP contribution is 2.37. The van der Waals surface area contributed by atoms with E-state index in [1.165, 1.54) is 12.0 Å². The number of hydrogen-bond donors (Lipinski definition) is 1. The Morgan fingerprint density at radius 3 is 2.45 bits per heavy atom. The van der Waals surface area contributed by atoms with Crippen molar-refractivity contribution < 1.29 is 4.79 Å². The van der Waals surface area contributed by atoms with Gasteiger partial charge in [-0.3, -0.25) is 4.79 Å². The van der Waals surface area contributed by atoms with Gasteiger partial charge in [-0.2, -0.15) is 0 Å². The SMILES string of the molecule is NCC1CCCCN1C(=O)C1CCC(c2ccccc2)CC1. The van der Waals surface area contributed by atoms with Crippen LogP contribution in [0.15, 0.2) is 30.3 Å². The summed E-state index contributed by atoms with van der Waals surface area (Å²) in [6, 6.07) is 11.0. The third-order valence-corrected chi connectivity index (χ3v) is 5.53. The Hall–Kier alpha value is -1.35. The number of carbonyl (C=O) groups excluding carboxylic acids is 1. The van der Waals surface area contributed by atoms with Crippen molar-refractivity contribution in [2.45, 2.75) is 56.9 Å². The lowest BCUT2D eigenvalue weighted by molar-refractivity contribution is -0.140. The molecule has 120 valence electrons. The molecule has 0 spiro atoms. The van der Waals surface area contributed by atoms with Crippen molar-refractivity contribution in [2.75, 3.05) is 13.1 Å². The molecule has 1 atom stereocenters. The van der Waals surface area contributed by atoms with Gasteiger partial charge in [0.25, 0.3) is 0 Å². The van der Waals surface area contributed by atoms with Crippen LogP contribution in [0.2, 0.25) is 0 Å². The van der Waals surface area contributed by atoms with Gasteiger partial charge in [-0.15, -0.1) is 0 Å². The highest BCUT2D eigenvalue weighted by atomic mass is 16.2. The second-order valence-corrected chi connectivity index (χ2v) is 6.88. The lowest BCUT2D eigenvalue weighted by Gasteiger charge is -2.39. The van der Waals surface area contributed by atoms with Gasteiger partial charge in [0.1, 0.15) is 0 Å². The predicted molar refractivity (Wildman–Crippen MR) is 89.5 cm³/mol. The zero-order valence-corrected chi connectivity index (χ0v) is 13.4. The second-order valence-electron chi connectivity index (χ2n) is 6.88. The van der Waals surface area contributed by atoms with Crippen LogP contribution in [-0.2, 0) is 4.79 Å². The first-order valence-corrected chi connectivity index (χ1v) is 8.85. The molecular weight excluding hydrogens is 272 g/mol. The van der Waals surface area contributed by atoms with E-state index in [-0.39, 0.29) is 12.0 Å². The molecule has 1 unspecified atom stereocenters. The molecule has 0 bridgehead atoms. The van der Waals surface area contributed by atoms with Gasteiger partial charge in [-0.25, -0.2) is 0 Å². The summed E-state index contributed by atoms with van der Waals surface area (Å²) in [5.41, 5.74) is 7.30. The lowest BCUT2D eigenvalue weighted by Crippen LogP contribution is -2.50. The van der Waals surface area contributed by atoms with E-state index >= 15 is 0 Å². The van der Waals surface area contributed by atoms with Crippen LogP contribution in [0.4, 0.5) is 0 Å². The van der Waals surface area contributed by atoms with E-state index in [0.717, 1.165) is 45.1 Å². The molecule has 3 rings (SSSR count). The molecule has 2 fully saturated rings. The first-order chi connectivity index (χ1) is 10.8. The number of nitrogens with two attached hydrogens (primary N) is 1. The van der Waals surface area contributed by atoms with Crippen molar-refractivity contribution in [3.63, 3.8) is 0 Å². The Labute approximate surface area is 133 Å². The molecule has 3 nitrogen and oxygen atoms in total. The first-order valence-electron chi connectivity index (χ1n) is 8.85. The number of carbonyl (C=O) groups is 1. The molecule has 1 aliphatic heterocycles. The average molecular weight is 300 g/mol. The summed E-state index contributed by atoms with van der Waals surface area (Å²) < 4.78 is 0. The van der Waals surface area contributed by atoms with Crippen molar-refractivity contribution in [2.24, 2.45) is 11.7 Å². The van der Waals surface area contributed by atoms with Gasteiger partial charge in [0.2, 0.25) is 5.91 Å². The number of amides is 1. The van der Waals surface area contributed by atoms with Crippen molar-refractivity contribution >= 4 is 5.91 Å². The summed E-state index contributed by atoms with van der Waals surface area (Å²) in [5, 5.41) is 0. The van der Waals surface area contributed by atoms with Gasteiger partial charge in [0.05, 0.1) is 0 Å². The van der Waals surface area contributed by atoms with Crippen molar-refractivity contribution in [1.82, 2.24) is 4.90 Å². The standard InChI is InChI=1S/C19H28N2O/c20-14-18-8-4-5-13-21(18)19(22)17-11-9-16(10-12-17)15-6-2-1-3-7-15/h1-3,6-7,16-18H,4-5,8-14,20H2. The predicted octanol–water partition coefficient (Wildman–Crippen LogP) is 3.30. The molecule has 0 aromatic heterocycles. The minimum absolute atomic E-state index is 0.229. The van der Waals surface area contributed by atoms with Gasteiger partial charge in [-0.05, 0) is 56.4 Å². The van der Waals surface area contributed by atoms with Gasteiger partial charge < -0.3 is 10.6 Å². The van der Waals surface area contributed by atoms with Crippen molar-refractivity contribution in [3.8, 4) is 0 Å². The molecule has 0 radical (unpaired) electrons. The molecule has 3 heteroatoms. The van der Waals surface area contributed by atoms with E-state index in [4.69, 9.17) is 5.73 Å². The third-order valence-electron chi connectivity index (χ3n) is 5.53. The third kappa shape index (κ3) is 3.35. The zero-order chi connectivity index (χ0) is 15.4. The van der Waals surface area contributed by atoms with Gasteiger partial charge in [-0.1, -0.05) is 30.3 Å². The van der Waals surface area contributed by atoms with Gasteiger partial charge >= 0.3 is 0 Å². The topological polar surface area (TPSA) is 46.3 Å². The van der Waals surface area contributed by atoms with E-state index in [1.807, 2.05) is 0 Å². The maximum atomic E-state index is 12.8. The number of likely N-dealkylation sites (tertiary alicyclic amines) is 1. The van der Waals surface area contributed by atoms with Crippen LogP contribution in [0.5, 0.6) is 0 Å². The van der Waals surface area contributed by atoms with Crippen molar-refractivity contribution in [3.05, 3.63) is 35.9 Å². The largest absolute Gasteiger partial charge is 0.338 e. The number of rotatable bonds is 3. The minimum Gasteiger partial charge on any atom is -0.338 e. The maximum absolute atomic E-state index is 12.8. The minimum atomic E-state index is 0.229. The zero-order valence-electron chi connectivity index (χ0n) is 13.4. The molecular formula is C19H28N2O. The molecule has 1 aromatic carbocycles. The van der Waals surface area contributed by atoms with Crippen LogP contribution in [0.3, 0.4) is 0 Å². The van der Waals surface area contributed by atoms with Crippen LogP contribution < -0.4 is 5.73 Å². The second kappa shape index (κ2) is 7.28. The highest BCUT2D eigenvalue weighted by molar-refractivity contribution is 5.79. The number of hydrogen-bond acceptors (Lipinski definition) is 2.